The second kappa shape index (κ2) is 9.22. The lowest BCUT2D eigenvalue weighted by atomic mass is 10.1. The number of nitrogens with zero attached hydrogens (tertiary/aromatic N) is 1. The molecule has 7 nitrogen and oxygen atoms in total. The van der Waals surface area contributed by atoms with Crippen molar-refractivity contribution in [3.63, 3.8) is 0 Å². The van der Waals surface area contributed by atoms with E-state index in [0.717, 1.165) is 16.9 Å². The van der Waals surface area contributed by atoms with Gasteiger partial charge >= 0.3 is 0 Å². The summed E-state index contributed by atoms with van der Waals surface area (Å²) < 4.78 is 10.3. The third kappa shape index (κ3) is 5.07. The number of methoxy groups -OCH3 is 2. The number of hydrogen-bond donors (Lipinski definition) is 2. The van der Waals surface area contributed by atoms with Gasteiger partial charge in [-0.1, -0.05) is 12.1 Å². The number of carbonyl (C=O) groups is 2. The molecule has 0 saturated heterocycles. The van der Waals surface area contributed by atoms with Crippen LogP contribution in [0, 0.1) is 6.92 Å². The number of ether oxygens (including phenoxy) is 2. The lowest BCUT2D eigenvalue weighted by Crippen LogP contribution is -2.35. The highest BCUT2D eigenvalue weighted by molar-refractivity contribution is 5.98. The Bertz CT molecular complexity index is 818. The monoisotopic (exact) mass is 355 g/mol. The molecule has 0 heterocycles. The number of hydrogen-bond acceptors (Lipinski definition) is 5. The predicted molar refractivity (Wildman–Crippen MR) is 98.8 cm³/mol. The van der Waals surface area contributed by atoms with E-state index in [4.69, 9.17) is 9.47 Å². The molecule has 136 valence electrons. The standard InChI is InChI=1S/C19H21N3O4/c1-13-10-15(25-2)9-8-14(13)11-21-22-18(23)12-20-19(24)16-6-4-5-7-17(16)26-3/h4-11H,12H2,1-3H3,(H,20,24)(H,22,23). The molecule has 0 bridgehead atoms. The van der Waals surface area contributed by atoms with E-state index in [0.29, 0.717) is 11.3 Å². The molecule has 2 rings (SSSR count). The van der Waals surface area contributed by atoms with Crippen molar-refractivity contribution in [1.29, 1.82) is 0 Å². The Kier molecular flexibility index (Phi) is 6.73. The summed E-state index contributed by atoms with van der Waals surface area (Å²) in [5, 5.41) is 6.43. The molecule has 0 aromatic heterocycles. The summed E-state index contributed by atoms with van der Waals surface area (Å²) in [7, 11) is 3.08. The Morgan fingerprint density at radius 2 is 1.88 bits per heavy atom. The normalized spacial score (nSPS) is 10.4. The Hall–Kier alpha value is -3.35. The summed E-state index contributed by atoms with van der Waals surface area (Å²) in [5.74, 6) is 0.365. The fraction of sp³-hybridized carbons (Fsp3) is 0.211. The van der Waals surface area contributed by atoms with Crippen molar-refractivity contribution in [2.75, 3.05) is 20.8 Å². The van der Waals surface area contributed by atoms with E-state index >= 15 is 0 Å². The van der Waals surface area contributed by atoms with Crippen molar-refractivity contribution in [2.24, 2.45) is 5.10 Å². The fourth-order valence-electron chi connectivity index (χ4n) is 2.22. The van der Waals surface area contributed by atoms with Gasteiger partial charge in [-0.05, 0) is 48.4 Å². The van der Waals surface area contributed by atoms with Crippen molar-refractivity contribution in [3.05, 3.63) is 59.2 Å². The lowest BCUT2D eigenvalue weighted by Gasteiger charge is -2.08. The van der Waals surface area contributed by atoms with Crippen LogP contribution in [0.25, 0.3) is 0 Å². The zero-order chi connectivity index (χ0) is 18.9. The van der Waals surface area contributed by atoms with Gasteiger partial charge in [0.2, 0.25) is 0 Å². The predicted octanol–water partition coefficient (Wildman–Crippen LogP) is 1.89. The first-order valence-corrected chi connectivity index (χ1v) is 7.93. The molecule has 0 spiro atoms. The summed E-state index contributed by atoms with van der Waals surface area (Å²) in [6.45, 7) is 1.72. The Labute approximate surface area is 152 Å². The van der Waals surface area contributed by atoms with Crippen molar-refractivity contribution in [2.45, 2.75) is 6.92 Å². The Morgan fingerprint density at radius 3 is 2.58 bits per heavy atom. The van der Waals surface area contributed by atoms with Gasteiger partial charge in [0.15, 0.2) is 0 Å². The smallest absolute Gasteiger partial charge is 0.259 e. The number of benzene rings is 2. The van der Waals surface area contributed by atoms with Crippen molar-refractivity contribution in [1.82, 2.24) is 10.7 Å². The lowest BCUT2D eigenvalue weighted by molar-refractivity contribution is -0.120. The molecule has 2 aromatic rings. The molecule has 0 fully saturated rings. The van der Waals surface area contributed by atoms with Gasteiger partial charge in [0.1, 0.15) is 11.5 Å². The van der Waals surface area contributed by atoms with Crippen molar-refractivity contribution < 1.29 is 19.1 Å². The molecular weight excluding hydrogens is 334 g/mol. The highest BCUT2D eigenvalue weighted by Gasteiger charge is 2.12. The molecule has 0 atom stereocenters. The first-order valence-electron chi connectivity index (χ1n) is 7.93. The largest absolute Gasteiger partial charge is 0.497 e. The summed E-state index contributed by atoms with van der Waals surface area (Å²) in [6, 6.07) is 12.3. The third-order valence-electron chi connectivity index (χ3n) is 3.63. The highest BCUT2D eigenvalue weighted by atomic mass is 16.5. The van der Waals surface area contributed by atoms with Crippen LogP contribution in [-0.4, -0.2) is 38.8 Å². The first-order chi connectivity index (χ1) is 12.5. The second-order valence-electron chi connectivity index (χ2n) is 5.40. The van der Waals surface area contributed by atoms with Gasteiger partial charge in [-0.15, -0.1) is 0 Å². The zero-order valence-corrected chi connectivity index (χ0v) is 14.9. The SMILES string of the molecule is COc1ccc(C=NNC(=O)CNC(=O)c2ccccc2OC)c(C)c1. The minimum Gasteiger partial charge on any atom is -0.497 e. The molecule has 0 aliphatic rings. The maximum absolute atomic E-state index is 12.1. The molecule has 2 aromatic carbocycles. The van der Waals surface area contributed by atoms with E-state index < -0.39 is 11.8 Å². The van der Waals surface area contributed by atoms with Crippen LogP contribution in [0.15, 0.2) is 47.6 Å². The van der Waals surface area contributed by atoms with Crippen molar-refractivity contribution >= 4 is 18.0 Å². The quantitative estimate of drug-likeness (QED) is 0.586. The molecule has 0 unspecified atom stereocenters. The van der Waals surface area contributed by atoms with E-state index in [1.54, 1.807) is 31.4 Å². The molecule has 2 amide bonds. The van der Waals surface area contributed by atoms with Crippen LogP contribution >= 0.6 is 0 Å². The number of amides is 2. The molecule has 0 radical (unpaired) electrons. The van der Waals surface area contributed by atoms with E-state index in [9.17, 15) is 9.59 Å². The molecular formula is C19H21N3O4. The Balaban J connectivity index is 1.86. The number of aryl methyl sites for hydroxylation is 1. The van der Waals surface area contributed by atoms with Crippen LogP contribution < -0.4 is 20.2 Å². The van der Waals surface area contributed by atoms with Gasteiger partial charge in [-0.25, -0.2) is 5.43 Å². The van der Waals surface area contributed by atoms with Crippen LogP contribution in [0.3, 0.4) is 0 Å². The minimum absolute atomic E-state index is 0.199. The van der Waals surface area contributed by atoms with Crippen molar-refractivity contribution in [3.8, 4) is 11.5 Å². The average molecular weight is 355 g/mol. The van der Waals surface area contributed by atoms with E-state index in [2.05, 4.69) is 15.8 Å². The van der Waals surface area contributed by atoms with Gasteiger partial charge in [0.25, 0.3) is 11.8 Å². The molecule has 7 heteroatoms. The summed E-state index contributed by atoms with van der Waals surface area (Å²) in [5.41, 5.74) is 4.55. The number of carbonyl (C=O) groups excluding carboxylic acids is 2. The number of para-hydroxylation sites is 1. The van der Waals surface area contributed by atoms with Gasteiger partial charge in [0, 0.05) is 0 Å². The third-order valence-corrected chi connectivity index (χ3v) is 3.63. The van der Waals surface area contributed by atoms with E-state index in [1.807, 2.05) is 25.1 Å². The summed E-state index contributed by atoms with van der Waals surface area (Å²) in [4.78, 5) is 23.9. The van der Waals surface area contributed by atoms with Crippen LogP contribution in [0.2, 0.25) is 0 Å². The summed E-state index contributed by atoms with van der Waals surface area (Å²) in [6.07, 6.45) is 1.54. The first kappa shape index (κ1) is 19.0. The topological polar surface area (TPSA) is 89.0 Å². The Morgan fingerprint density at radius 1 is 1.12 bits per heavy atom. The van der Waals surface area contributed by atoms with E-state index in [1.165, 1.54) is 13.3 Å². The van der Waals surface area contributed by atoms with Crippen LogP contribution in [-0.2, 0) is 4.79 Å². The minimum atomic E-state index is -0.435. The summed E-state index contributed by atoms with van der Waals surface area (Å²) >= 11 is 0. The van der Waals surface area contributed by atoms with Gasteiger partial charge < -0.3 is 14.8 Å². The average Bonchev–Trinajstić information content (AvgIpc) is 2.67. The van der Waals surface area contributed by atoms with Gasteiger partial charge in [-0.2, -0.15) is 5.10 Å². The van der Waals surface area contributed by atoms with E-state index in [-0.39, 0.29) is 6.54 Å². The van der Waals surface area contributed by atoms with Gasteiger partial charge in [0.05, 0.1) is 32.5 Å². The zero-order valence-electron chi connectivity index (χ0n) is 14.9. The maximum atomic E-state index is 12.1. The molecule has 2 N–H and O–H groups in total. The van der Waals surface area contributed by atoms with Crippen LogP contribution in [0.4, 0.5) is 0 Å². The molecule has 0 saturated carbocycles. The van der Waals surface area contributed by atoms with Gasteiger partial charge in [-0.3, -0.25) is 9.59 Å². The number of nitrogens with one attached hydrogen (secondary N) is 2. The maximum Gasteiger partial charge on any atom is 0.259 e. The molecule has 0 aliphatic heterocycles. The number of rotatable bonds is 7. The highest BCUT2D eigenvalue weighted by Crippen LogP contribution is 2.17. The van der Waals surface area contributed by atoms with Crippen LogP contribution in [0.1, 0.15) is 21.5 Å². The molecule has 0 aliphatic carbocycles. The fourth-order valence-corrected chi connectivity index (χ4v) is 2.22. The number of hydrazone groups is 1. The molecule has 26 heavy (non-hydrogen) atoms. The van der Waals surface area contributed by atoms with Crippen LogP contribution in [0.5, 0.6) is 11.5 Å². The second-order valence-corrected chi connectivity index (χ2v) is 5.40.